The average Bonchev–Trinajstić information content (AvgIpc) is 2.98. The standard InChI is InChI=1S/C20H25N3O6/c1-3-29-20(27)22-10-8-21(9-11-22)17(24)14-5-6-15-16(13-14)19(26)23(18(15)25)7-4-12-28-2/h5-6,13H,3-4,7-12H2,1-2H3. The van der Waals surface area contributed by atoms with Crippen molar-refractivity contribution in [3.63, 3.8) is 0 Å². The zero-order valence-electron chi connectivity index (χ0n) is 16.7. The Bertz CT molecular complexity index is 816. The van der Waals surface area contributed by atoms with E-state index in [4.69, 9.17) is 9.47 Å². The molecule has 156 valence electrons. The molecular formula is C20H25N3O6. The summed E-state index contributed by atoms with van der Waals surface area (Å²) >= 11 is 0. The van der Waals surface area contributed by atoms with Crippen molar-refractivity contribution in [3.05, 3.63) is 34.9 Å². The smallest absolute Gasteiger partial charge is 0.409 e. The van der Waals surface area contributed by atoms with E-state index in [0.29, 0.717) is 56.9 Å². The van der Waals surface area contributed by atoms with Gasteiger partial charge in [-0.3, -0.25) is 19.3 Å². The van der Waals surface area contributed by atoms with Crippen LogP contribution in [0.3, 0.4) is 0 Å². The molecule has 3 rings (SSSR count). The third-order valence-corrected chi connectivity index (χ3v) is 5.04. The average molecular weight is 403 g/mol. The quantitative estimate of drug-likeness (QED) is 0.524. The van der Waals surface area contributed by atoms with Crippen LogP contribution in [0.15, 0.2) is 18.2 Å². The van der Waals surface area contributed by atoms with Crippen LogP contribution in [0.4, 0.5) is 4.79 Å². The van der Waals surface area contributed by atoms with Crippen LogP contribution in [0.5, 0.6) is 0 Å². The molecule has 0 spiro atoms. The number of benzene rings is 1. The molecule has 0 aromatic heterocycles. The van der Waals surface area contributed by atoms with E-state index in [1.807, 2.05) is 0 Å². The number of piperazine rings is 1. The molecule has 0 aliphatic carbocycles. The van der Waals surface area contributed by atoms with E-state index in [1.165, 1.54) is 17.0 Å². The van der Waals surface area contributed by atoms with Crippen molar-refractivity contribution in [2.75, 3.05) is 53.0 Å². The molecule has 0 bridgehead atoms. The maximum atomic E-state index is 12.8. The van der Waals surface area contributed by atoms with Crippen molar-refractivity contribution in [1.29, 1.82) is 0 Å². The maximum Gasteiger partial charge on any atom is 0.409 e. The molecule has 1 fully saturated rings. The van der Waals surface area contributed by atoms with Crippen LogP contribution in [0.1, 0.15) is 44.4 Å². The molecule has 4 amide bonds. The first-order valence-electron chi connectivity index (χ1n) is 9.68. The van der Waals surface area contributed by atoms with Crippen LogP contribution >= 0.6 is 0 Å². The molecule has 0 saturated carbocycles. The number of methoxy groups -OCH3 is 1. The van der Waals surface area contributed by atoms with E-state index in [0.717, 1.165) is 0 Å². The zero-order chi connectivity index (χ0) is 21.0. The lowest BCUT2D eigenvalue weighted by Gasteiger charge is -2.34. The molecule has 2 aliphatic rings. The van der Waals surface area contributed by atoms with E-state index in [-0.39, 0.29) is 35.9 Å². The first-order valence-corrected chi connectivity index (χ1v) is 9.68. The molecular weight excluding hydrogens is 378 g/mol. The van der Waals surface area contributed by atoms with Crippen molar-refractivity contribution >= 4 is 23.8 Å². The second kappa shape index (κ2) is 9.04. The van der Waals surface area contributed by atoms with E-state index in [1.54, 1.807) is 29.9 Å². The van der Waals surface area contributed by atoms with Gasteiger partial charge in [-0.15, -0.1) is 0 Å². The number of ether oxygens (including phenoxy) is 2. The largest absolute Gasteiger partial charge is 0.450 e. The van der Waals surface area contributed by atoms with E-state index < -0.39 is 0 Å². The van der Waals surface area contributed by atoms with Crippen LogP contribution in [0, 0.1) is 0 Å². The SMILES string of the molecule is CCOC(=O)N1CCN(C(=O)c2ccc3c(c2)C(=O)N(CCCOC)C3=O)CC1. The fourth-order valence-corrected chi connectivity index (χ4v) is 3.48. The highest BCUT2D eigenvalue weighted by Gasteiger charge is 2.36. The second-order valence-electron chi connectivity index (χ2n) is 6.85. The fourth-order valence-electron chi connectivity index (χ4n) is 3.48. The summed E-state index contributed by atoms with van der Waals surface area (Å²) in [5.41, 5.74) is 0.924. The van der Waals surface area contributed by atoms with Gasteiger partial charge in [-0.2, -0.15) is 0 Å². The number of amides is 4. The van der Waals surface area contributed by atoms with Crippen LogP contribution in [-0.2, 0) is 9.47 Å². The Labute approximate surface area is 169 Å². The number of carbonyl (C=O) groups excluding carboxylic acids is 4. The highest BCUT2D eigenvalue weighted by molar-refractivity contribution is 6.22. The molecule has 1 aromatic rings. The van der Waals surface area contributed by atoms with Crippen molar-refractivity contribution < 1.29 is 28.7 Å². The van der Waals surface area contributed by atoms with Gasteiger partial charge in [0.2, 0.25) is 0 Å². The number of hydrogen-bond acceptors (Lipinski definition) is 6. The molecule has 2 aliphatic heterocycles. The molecule has 1 saturated heterocycles. The predicted molar refractivity (Wildman–Crippen MR) is 103 cm³/mol. The fraction of sp³-hybridized carbons (Fsp3) is 0.500. The summed E-state index contributed by atoms with van der Waals surface area (Å²) in [5.74, 6) is -0.958. The first-order chi connectivity index (χ1) is 14.0. The Kier molecular flexibility index (Phi) is 6.48. The summed E-state index contributed by atoms with van der Waals surface area (Å²) in [6, 6.07) is 4.60. The van der Waals surface area contributed by atoms with Gasteiger partial charge in [0, 0.05) is 52.0 Å². The summed E-state index contributed by atoms with van der Waals surface area (Å²) in [4.78, 5) is 54.1. The molecule has 29 heavy (non-hydrogen) atoms. The number of fused-ring (bicyclic) bond motifs is 1. The molecule has 0 unspecified atom stereocenters. The van der Waals surface area contributed by atoms with Crippen LogP contribution < -0.4 is 0 Å². The topological polar surface area (TPSA) is 96.5 Å². The van der Waals surface area contributed by atoms with Gasteiger partial charge in [-0.25, -0.2) is 4.79 Å². The lowest BCUT2D eigenvalue weighted by atomic mass is 10.0. The Morgan fingerprint density at radius 1 is 1.00 bits per heavy atom. The van der Waals surface area contributed by atoms with Gasteiger partial charge in [0.25, 0.3) is 17.7 Å². The van der Waals surface area contributed by atoms with Gasteiger partial charge in [0.15, 0.2) is 0 Å². The van der Waals surface area contributed by atoms with Gasteiger partial charge in [-0.05, 0) is 31.5 Å². The lowest BCUT2D eigenvalue weighted by molar-refractivity contribution is 0.0570. The summed E-state index contributed by atoms with van der Waals surface area (Å²) in [7, 11) is 1.56. The normalized spacial score (nSPS) is 16.3. The monoisotopic (exact) mass is 403 g/mol. The summed E-state index contributed by atoms with van der Waals surface area (Å²) < 4.78 is 9.95. The molecule has 0 radical (unpaired) electrons. The van der Waals surface area contributed by atoms with Crippen molar-refractivity contribution in [1.82, 2.24) is 14.7 Å². The Balaban J connectivity index is 1.67. The van der Waals surface area contributed by atoms with E-state index in [9.17, 15) is 19.2 Å². The summed E-state index contributed by atoms with van der Waals surface area (Å²) in [5, 5.41) is 0. The van der Waals surface area contributed by atoms with Crippen LogP contribution in [-0.4, -0.2) is 91.6 Å². The zero-order valence-corrected chi connectivity index (χ0v) is 16.7. The molecule has 2 heterocycles. The number of nitrogens with zero attached hydrogens (tertiary/aromatic N) is 3. The van der Waals surface area contributed by atoms with Crippen LogP contribution in [0.2, 0.25) is 0 Å². The second-order valence-corrected chi connectivity index (χ2v) is 6.85. The molecule has 9 nitrogen and oxygen atoms in total. The summed E-state index contributed by atoms with van der Waals surface area (Å²) in [6.07, 6.45) is 0.174. The third-order valence-electron chi connectivity index (χ3n) is 5.04. The van der Waals surface area contributed by atoms with Gasteiger partial charge >= 0.3 is 6.09 Å². The molecule has 0 N–H and O–H groups in total. The first kappa shape index (κ1) is 20.8. The number of carbonyl (C=O) groups is 4. The Morgan fingerprint density at radius 3 is 2.31 bits per heavy atom. The third kappa shape index (κ3) is 4.24. The minimum Gasteiger partial charge on any atom is -0.450 e. The lowest BCUT2D eigenvalue weighted by Crippen LogP contribution is -2.50. The minimum atomic E-state index is -0.386. The van der Waals surface area contributed by atoms with Gasteiger partial charge in [0.1, 0.15) is 0 Å². The molecule has 9 heteroatoms. The Hall–Kier alpha value is -2.94. The van der Waals surface area contributed by atoms with Gasteiger partial charge in [-0.1, -0.05) is 0 Å². The van der Waals surface area contributed by atoms with E-state index >= 15 is 0 Å². The maximum absolute atomic E-state index is 12.8. The molecule has 0 atom stereocenters. The molecule has 1 aromatic carbocycles. The number of hydrogen-bond donors (Lipinski definition) is 0. The Morgan fingerprint density at radius 2 is 1.66 bits per heavy atom. The number of rotatable bonds is 6. The van der Waals surface area contributed by atoms with Crippen molar-refractivity contribution in [2.24, 2.45) is 0 Å². The van der Waals surface area contributed by atoms with Gasteiger partial charge < -0.3 is 19.3 Å². The van der Waals surface area contributed by atoms with Crippen molar-refractivity contribution in [2.45, 2.75) is 13.3 Å². The predicted octanol–water partition coefficient (Wildman–Crippen LogP) is 1.23. The highest BCUT2D eigenvalue weighted by Crippen LogP contribution is 2.25. The number of imide groups is 1. The van der Waals surface area contributed by atoms with Crippen molar-refractivity contribution in [3.8, 4) is 0 Å². The van der Waals surface area contributed by atoms with Gasteiger partial charge in [0.05, 0.1) is 17.7 Å². The highest BCUT2D eigenvalue weighted by atomic mass is 16.6. The summed E-state index contributed by atoms with van der Waals surface area (Å²) in [6.45, 7) is 4.32. The van der Waals surface area contributed by atoms with E-state index in [2.05, 4.69) is 0 Å². The van der Waals surface area contributed by atoms with Crippen LogP contribution in [0.25, 0.3) is 0 Å². The minimum absolute atomic E-state index is 0.227.